The van der Waals surface area contributed by atoms with Crippen molar-refractivity contribution in [1.29, 1.82) is 0 Å². The highest BCUT2D eigenvalue weighted by Crippen LogP contribution is 2.17. The van der Waals surface area contributed by atoms with Gasteiger partial charge in [-0.15, -0.1) is 0 Å². The predicted molar refractivity (Wildman–Crippen MR) is 75.7 cm³/mol. The Balaban J connectivity index is 1.77. The Morgan fingerprint density at radius 2 is 2.25 bits per heavy atom. The van der Waals surface area contributed by atoms with E-state index >= 15 is 0 Å². The van der Waals surface area contributed by atoms with E-state index in [4.69, 9.17) is 16.1 Å². The molecule has 20 heavy (non-hydrogen) atoms. The lowest BCUT2D eigenvalue weighted by Gasteiger charge is -2.06. The second-order valence-electron chi connectivity index (χ2n) is 4.28. The number of hydrogen-bond acceptors (Lipinski definition) is 5. The van der Waals surface area contributed by atoms with Crippen LogP contribution in [0.25, 0.3) is 5.57 Å². The molecule has 0 atom stereocenters. The fourth-order valence-electron chi connectivity index (χ4n) is 1.77. The molecule has 1 aliphatic rings. The molecule has 0 aromatic carbocycles. The molecule has 0 bridgehead atoms. The molecule has 3 heterocycles. The van der Waals surface area contributed by atoms with Gasteiger partial charge in [0.1, 0.15) is 5.15 Å². The molecule has 0 aliphatic carbocycles. The van der Waals surface area contributed by atoms with Crippen molar-refractivity contribution in [2.45, 2.75) is 6.42 Å². The maximum Gasteiger partial charge on any atom is 0.231 e. The number of hydrogen-bond donors (Lipinski definition) is 1. The largest absolute Gasteiger partial charge is 0.361 e. The van der Waals surface area contributed by atoms with Crippen LogP contribution in [0.4, 0.5) is 0 Å². The van der Waals surface area contributed by atoms with Gasteiger partial charge in [0.05, 0.1) is 6.42 Å². The van der Waals surface area contributed by atoms with Gasteiger partial charge in [-0.2, -0.15) is 4.98 Å². The standard InChI is InChI=1S/C14H11ClN4O/c1-9-2-3-11(8-17-9)14-18-13(20-19-14)7-10-4-5-16-12(15)6-10/h2-6,8,17H,1,7H2. The first-order valence-electron chi connectivity index (χ1n) is 5.98. The van der Waals surface area contributed by atoms with Gasteiger partial charge in [-0.3, -0.25) is 0 Å². The number of aromatic nitrogens is 3. The molecule has 1 aliphatic heterocycles. The van der Waals surface area contributed by atoms with E-state index in [0.29, 0.717) is 23.3 Å². The fourth-order valence-corrected chi connectivity index (χ4v) is 1.96. The van der Waals surface area contributed by atoms with E-state index < -0.39 is 0 Å². The van der Waals surface area contributed by atoms with Crippen molar-refractivity contribution in [3.8, 4) is 0 Å². The summed E-state index contributed by atoms with van der Waals surface area (Å²) in [5.74, 6) is 1.07. The van der Waals surface area contributed by atoms with Crippen LogP contribution < -0.4 is 5.32 Å². The first-order chi connectivity index (χ1) is 9.70. The summed E-state index contributed by atoms with van der Waals surface area (Å²) in [4.78, 5) is 8.28. The molecule has 0 radical (unpaired) electrons. The molecule has 0 fully saturated rings. The van der Waals surface area contributed by atoms with Crippen LogP contribution in [0, 0.1) is 0 Å². The molecule has 100 valence electrons. The molecule has 3 rings (SSSR count). The first-order valence-corrected chi connectivity index (χ1v) is 6.35. The molecule has 0 saturated heterocycles. The van der Waals surface area contributed by atoms with E-state index in [1.54, 1.807) is 18.5 Å². The third-order valence-electron chi connectivity index (χ3n) is 2.75. The van der Waals surface area contributed by atoms with E-state index in [2.05, 4.69) is 27.0 Å². The Kier molecular flexibility index (Phi) is 3.35. The zero-order chi connectivity index (χ0) is 13.9. The van der Waals surface area contributed by atoms with Crippen molar-refractivity contribution >= 4 is 17.2 Å². The summed E-state index contributed by atoms with van der Waals surface area (Å²) in [5.41, 5.74) is 2.64. The molecule has 0 spiro atoms. The van der Waals surface area contributed by atoms with Gasteiger partial charge in [-0.25, -0.2) is 4.98 Å². The minimum Gasteiger partial charge on any atom is -0.361 e. The van der Waals surface area contributed by atoms with Crippen molar-refractivity contribution < 1.29 is 4.52 Å². The fraction of sp³-hybridized carbons (Fsp3) is 0.0714. The smallest absolute Gasteiger partial charge is 0.231 e. The first kappa shape index (κ1) is 12.6. The Labute approximate surface area is 120 Å². The van der Waals surface area contributed by atoms with E-state index in [-0.39, 0.29) is 0 Å². The highest BCUT2D eigenvalue weighted by molar-refractivity contribution is 6.29. The zero-order valence-electron chi connectivity index (χ0n) is 10.5. The van der Waals surface area contributed by atoms with Crippen LogP contribution in [0.1, 0.15) is 17.3 Å². The molecular formula is C14H11ClN4O. The van der Waals surface area contributed by atoms with Crippen LogP contribution in [0.5, 0.6) is 0 Å². The average molecular weight is 287 g/mol. The van der Waals surface area contributed by atoms with Crippen molar-refractivity contribution in [1.82, 2.24) is 20.4 Å². The lowest BCUT2D eigenvalue weighted by molar-refractivity contribution is 0.383. The molecule has 0 unspecified atom stereocenters. The number of dihydropyridines is 1. The molecule has 0 saturated carbocycles. The summed E-state index contributed by atoms with van der Waals surface area (Å²) in [6.07, 6.45) is 7.70. The van der Waals surface area contributed by atoms with Crippen molar-refractivity contribution in [2.75, 3.05) is 0 Å². The summed E-state index contributed by atoms with van der Waals surface area (Å²) in [6.45, 7) is 3.79. The van der Waals surface area contributed by atoms with Crippen LogP contribution in [-0.4, -0.2) is 15.1 Å². The van der Waals surface area contributed by atoms with Crippen LogP contribution in [-0.2, 0) is 6.42 Å². The number of allylic oxidation sites excluding steroid dienone is 3. The topological polar surface area (TPSA) is 63.8 Å². The average Bonchev–Trinajstić information content (AvgIpc) is 2.88. The van der Waals surface area contributed by atoms with Crippen molar-refractivity contribution in [3.05, 3.63) is 71.4 Å². The maximum absolute atomic E-state index is 5.84. The molecule has 1 N–H and O–H groups in total. The number of pyridine rings is 1. The minimum atomic E-state index is 0.447. The van der Waals surface area contributed by atoms with Crippen molar-refractivity contribution in [2.24, 2.45) is 0 Å². The zero-order valence-corrected chi connectivity index (χ0v) is 11.3. The second kappa shape index (κ2) is 5.30. The third kappa shape index (κ3) is 2.78. The summed E-state index contributed by atoms with van der Waals surface area (Å²) < 4.78 is 5.24. The summed E-state index contributed by atoms with van der Waals surface area (Å²) in [5, 5.41) is 7.41. The lowest BCUT2D eigenvalue weighted by Crippen LogP contribution is -2.06. The van der Waals surface area contributed by atoms with Gasteiger partial charge in [0, 0.05) is 23.7 Å². The van der Waals surface area contributed by atoms with Crippen LogP contribution in [0.3, 0.4) is 0 Å². The second-order valence-corrected chi connectivity index (χ2v) is 4.67. The van der Waals surface area contributed by atoms with Gasteiger partial charge in [0.15, 0.2) is 0 Å². The highest BCUT2D eigenvalue weighted by Gasteiger charge is 2.11. The number of rotatable bonds is 3. The molecule has 5 nitrogen and oxygen atoms in total. The Hall–Kier alpha value is -2.40. The van der Waals surface area contributed by atoms with Crippen LogP contribution in [0.15, 0.2) is 53.5 Å². The van der Waals surface area contributed by atoms with Crippen LogP contribution in [0.2, 0.25) is 5.15 Å². The predicted octanol–water partition coefficient (Wildman–Crippen LogP) is 2.72. The molecular weight excluding hydrogens is 276 g/mol. The van der Waals surface area contributed by atoms with E-state index in [1.807, 2.05) is 18.2 Å². The normalized spacial score (nSPS) is 14.1. The van der Waals surface area contributed by atoms with Gasteiger partial charge in [-0.1, -0.05) is 23.3 Å². The van der Waals surface area contributed by atoms with Gasteiger partial charge in [0.2, 0.25) is 11.7 Å². The van der Waals surface area contributed by atoms with Gasteiger partial charge >= 0.3 is 0 Å². The van der Waals surface area contributed by atoms with E-state index in [1.165, 1.54) is 0 Å². The Morgan fingerprint density at radius 1 is 1.35 bits per heavy atom. The van der Waals surface area contributed by atoms with Gasteiger partial charge < -0.3 is 9.84 Å². The molecule has 2 aromatic rings. The Morgan fingerprint density at radius 3 is 3.00 bits per heavy atom. The molecule has 2 aromatic heterocycles. The summed E-state index contributed by atoms with van der Waals surface area (Å²) >= 11 is 5.84. The van der Waals surface area contributed by atoms with E-state index in [9.17, 15) is 0 Å². The SMILES string of the molecule is C=C1C=CC(c2noc(Cc3ccnc(Cl)c3)n2)=CN1. The monoisotopic (exact) mass is 286 g/mol. The maximum atomic E-state index is 5.84. The molecule has 0 amide bonds. The van der Waals surface area contributed by atoms with Crippen LogP contribution >= 0.6 is 11.6 Å². The van der Waals surface area contributed by atoms with Crippen molar-refractivity contribution in [3.63, 3.8) is 0 Å². The van der Waals surface area contributed by atoms with E-state index in [0.717, 1.165) is 16.8 Å². The summed E-state index contributed by atoms with van der Waals surface area (Å²) in [6, 6.07) is 3.64. The molecule has 6 heteroatoms. The van der Waals surface area contributed by atoms with Gasteiger partial charge in [0.25, 0.3) is 0 Å². The quantitative estimate of drug-likeness (QED) is 0.879. The minimum absolute atomic E-state index is 0.447. The number of nitrogens with zero attached hydrogens (tertiary/aromatic N) is 3. The number of halogens is 1. The highest BCUT2D eigenvalue weighted by atomic mass is 35.5. The lowest BCUT2D eigenvalue weighted by atomic mass is 10.2. The number of nitrogens with one attached hydrogen (secondary N) is 1. The van der Waals surface area contributed by atoms with Gasteiger partial charge in [-0.05, 0) is 29.8 Å². The Bertz CT molecular complexity index is 717. The summed E-state index contributed by atoms with van der Waals surface area (Å²) in [7, 11) is 0. The third-order valence-corrected chi connectivity index (χ3v) is 2.96.